The van der Waals surface area contributed by atoms with E-state index in [0.29, 0.717) is 29.1 Å². The van der Waals surface area contributed by atoms with Crippen LogP contribution in [0.1, 0.15) is 40.7 Å². The molecule has 0 saturated heterocycles. The van der Waals surface area contributed by atoms with Gasteiger partial charge >= 0.3 is 18.1 Å². The molecule has 0 atom stereocenters. The second kappa shape index (κ2) is 12.7. The Morgan fingerprint density at radius 2 is 1.58 bits per heavy atom. The maximum Gasteiger partial charge on any atom is 0.389 e. The average Bonchev–Trinajstić information content (AvgIpc) is 2.86. The summed E-state index contributed by atoms with van der Waals surface area (Å²) in [4.78, 5) is 24.2. The van der Waals surface area contributed by atoms with Crippen LogP contribution in [0, 0.1) is 0 Å². The lowest BCUT2D eigenvalue weighted by Gasteiger charge is -2.09. The van der Waals surface area contributed by atoms with Crippen molar-refractivity contribution in [2.24, 2.45) is 0 Å². The number of alkyl halides is 3. The van der Waals surface area contributed by atoms with Gasteiger partial charge in [-0.2, -0.15) is 13.2 Å². The number of ether oxygens (including phenoxy) is 2. The van der Waals surface area contributed by atoms with Gasteiger partial charge in [-0.15, -0.1) is 0 Å². The van der Waals surface area contributed by atoms with Crippen molar-refractivity contribution in [2.45, 2.75) is 31.9 Å². The van der Waals surface area contributed by atoms with Crippen molar-refractivity contribution in [2.75, 3.05) is 18.1 Å². The Hall–Kier alpha value is -4.47. The molecule has 0 aliphatic carbocycles. The zero-order valence-corrected chi connectivity index (χ0v) is 20.3. The number of carbonyl (C=O) groups is 2. The topological polar surface area (TPSA) is 125 Å². The van der Waals surface area contributed by atoms with Crippen LogP contribution in [-0.2, 0) is 11.2 Å². The predicted octanol–water partition coefficient (Wildman–Crippen LogP) is 5.89. The van der Waals surface area contributed by atoms with Crippen LogP contribution in [0.4, 0.5) is 24.5 Å². The van der Waals surface area contributed by atoms with Crippen LogP contribution in [0.25, 0.3) is 6.08 Å². The minimum atomic E-state index is -4.22. The fraction of sp³-hybridized carbons (Fsp3) is 0.214. The first-order chi connectivity index (χ1) is 18.0. The Bertz CT molecular complexity index is 1290. The van der Waals surface area contributed by atoms with Crippen molar-refractivity contribution in [3.8, 4) is 11.5 Å². The van der Waals surface area contributed by atoms with E-state index in [-0.39, 0.29) is 36.3 Å². The van der Waals surface area contributed by atoms with Crippen LogP contribution < -0.4 is 20.9 Å². The first kappa shape index (κ1) is 28.1. The molecule has 0 amide bonds. The van der Waals surface area contributed by atoms with Crippen LogP contribution in [0.2, 0.25) is 0 Å². The van der Waals surface area contributed by atoms with Crippen molar-refractivity contribution in [1.29, 1.82) is 0 Å². The number of carboxylic acid groups (broad SMARTS) is 1. The third kappa shape index (κ3) is 8.88. The minimum Gasteiger partial charge on any atom is -0.494 e. The van der Waals surface area contributed by atoms with E-state index in [9.17, 15) is 27.9 Å². The molecule has 0 unspecified atom stereocenters. The number of carboxylic acids is 1. The molecular weight excluding hydrogens is 501 g/mol. The van der Waals surface area contributed by atoms with Gasteiger partial charge in [0.2, 0.25) is 0 Å². The Morgan fingerprint density at radius 1 is 0.921 bits per heavy atom. The third-order valence-corrected chi connectivity index (χ3v) is 5.50. The smallest absolute Gasteiger partial charge is 0.389 e. The zero-order valence-electron chi connectivity index (χ0n) is 20.3. The lowest BCUT2D eigenvalue weighted by molar-refractivity contribution is -0.136. The summed E-state index contributed by atoms with van der Waals surface area (Å²) >= 11 is 0. The van der Waals surface area contributed by atoms with E-state index >= 15 is 0 Å². The van der Waals surface area contributed by atoms with Crippen molar-refractivity contribution in [3.63, 3.8) is 0 Å². The van der Waals surface area contributed by atoms with Gasteiger partial charge < -0.3 is 26.0 Å². The molecule has 0 heterocycles. The van der Waals surface area contributed by atoms with Gasteiger partial charge in [-0.3, -0.25) is 0 Å². The van der Waals surface area contributed by atoms with Crippen LogP contribution in [0.15, 0.2) is 72.3 Å². The molecule has 7 nitrogen and oxygen atoms in total. The van der Waals surface area contributed by atoms with E-state index in [2.05, 4.69) is 0 Å². The highest BCUT2D eigenvalue weighted by Gasteiger charge is 2.26. The summed E-state index contributed by atoms with van der Waals surface area (Å²) < 4.78 is 47.1. The monoisotopic (exact) mass is 528 g/mol. The molecule has 5 N–H and O–H groups in total. The molecule has 3 aromatic rings. The van der Waals surface area contributed by atoms with Crippen LogP contribution >= 0.6 is 0 Å². The quantitative estimate of drug-likeness (QED) is 0.0931. The summed E-state index contributed by atoms with van der Waals surface area (Å²) in [5, 5.41) is 9.60. The summed E-state index contributed by atoms with van der Waals surface area (Å²) in [5.74, 6) is -1.10. The molecule has 0 aliphatic heterocycles. The highest BCUT2D eigenvalue weighted by Crippen LogP contribution is 2.23. The van der Waals surface area contributed by atoms with Gasteiger partial charge in [0.05, 0.1) is 12.2 Å². The number of hydrogen-bond acceptors (Lipinski definition) is 6. The van der Waals surface area contributed by atoms with E-state index in [0.717, 1.165) is 5.56 Å². The second-order valence-corrected chi connectivity index (χ2v) is 8.48. The highest BCUT2D eigenvalue weighted by molar-refractivity contribution is 5.93. The fourth-order valence-electron chi connectivity index (χ4n) is 3.50. The zero-order chi connectivity index (χ0) is 27.7. The number of anilines is 2. The molecule has 0 saturated carbocycles. The molecule has 200 valence electrons. The molecule has 0 bridgehead atoms. The van der Waals surface area contributed by atoms with E-state index in [1.807, 2.05) is 0 Å². The Balaban J connectivity index is 1.56. The minimum absolute atomic E-state index is 0.0849. The molecule has 0 spiro atoms. The van der Waals surface area contributed by atoms with E-state index in [4.69, 9.17) is 20.9 Å². The number of rotatable bonds is 11. The normalized spacial score (nSPS) is 11.7. The van der Waals surface area contributed by atoms with Gasteiger partial charge in [0.15, 0.2) is 0 Å². The van der Waals surface area contributed by atoms with E-state index in [1.165, 1.54) is 42.5 Å². The summed E-state index contributed by atoms with van der Waals surface area (Å²) in [7, 11) is 0. The average molecular weight is 529 g/mol. The van der Waals surface area contributed by atoms with Gasteiger partial charge in [-0.25, -0.2) is 9.59 Å². The standard InChI is InChI=1S/C28H27F3N2O5/c29-28(30,31)14-1-15-37-23-10-12-24(13-11-23)38-27(36)20-4-2-18(3-5-20)16-21(26(34)35)7-6-19-8-9-22(32)17-25(19)33/h2-5,8-13,16-17H,1,6-7,14-15,32-33H2,(H,34,35). The van der Waals surface area contributed by atoms with Crippen molar-refractivity contribution in [1.82, 2.24) is 0 Å². The predicted molar refractivity (Wildman–Crippen MR) is 138 cm³/mol. The summed E-state index contributed by atoms with van der Waals surface area (Å²) in [6.07, 6.45) is -3.11. The first-order valence-corrected chi connectivity index (χ1v) is 11.7. The number of aliphatic carboxylic acids is 1. The maximum absolute atomic E-state index is 12.5. The van der Waals surface area contributed by atoms with Crippen LogP contribution in [-0.4, -0.2) is 29.8 Å². The third-order valence-electron chi connectivity index (χ3n) is 5.50. The van der Waals surface area contributed by atoms with Crippen molar-refractivity contribution >= 4 is 29.4 Å². The second-order valence-electron chi connectivity index (χ2n) is 8.48. The van der Waals surface area contributed by atoms with Gasteiger partial charge in [-0.1, -0.05) is 18.2 Å². The molecule has 0 radical (unpaired) electrons. The maximum atomic E-state index is 12.5. The van der Waals surface area contributed by atoms with E-state index in [1.54, 1.807) is 30.3 Å². The number of nitrogen functional groups attached to an aromatic ring is 2. The summed E-state index contributed by atoms with van der Waals surface area (Å²) in [5.41, 5.74) is 14.5. The van der Waals surface area contributed by atoms with Crippen molar-refractivity contribution in [3.05, 3.63) is 89.0 Å². The lowest BCUT2D eigenvalue weighted by Crippen LogP contribution is -2.10. The molecular formula is C28H27F3N2O5. The Kier molecular flexibility index (Phi) is 9.37. The number of nitrogens with two attached hydrogens (primary N) is 2. The van der Waals surface area contributed by atoms with Gasteiger partial charge in [0.25, 0.3) is 0 Å². The summed E-state index contributed by atoms with van der Waals surface area (Å²) in [6, 6.07) is 17.3. The lowest BCUT2D eigenvalue weighted by atomic mass is 10.0. The largest absolute Gasteiger partial charge is 0.494 e. The molecule has 3 aromatic carbocycles. The number of carbonyl (C=O) groups excluding carboxylic acids is 1. The summed E-state index contributed by atoms with van der Waals surface area (Å²) in [6.45, 7) is -0.0849. The number of aryl methyl sites for hydroxylation is 1. The van der Waals surface area contributed by atoms with Crippen LogP contribution in [0.5, 0.6) is 11.5 Å². The number of halogens is 3. The van der Waals surface area contributed by atoms with Crippen LogP contribution in [0.3, 0.4) is 0 Å². The number of esters is 1. The van der Waals surface area contributed by atoms with Gasteiger partial charge in [0.1, 0.15) is 11.5 Å². The Morgan fingerprint density at radius 3 is 2.18 bits per heavy atom. The SMILES string of the molecule is Nc1ccc(CCC(=Cc2ccc(C(=O)Oc3ccc(OCCCC(F)(F)F)cc3)cc2)C(=O)O)c(N)c1. The Labute approximate surface area is 217 Å². The molecule has 0 fully saturated rings. The fourth-order valence-corrected chi connectivity index (χ4v) is 3.50. The molecule has 0 aromatic heterocycles. The number of benzene rings is 3. The molecule has 3 rings (SSSR count). The van der Waals surface area contributed by atoms with Crippen molar-refractivity contribution < 1.29 is 37.3 Å². The molecule has 10 heteroatoms. The highest BCUT2D eigenvalue weighted by atomic mass is 19.4. The van der Waals surface area contributed by atoms with Gasteiger partial charge in [-0.05, 0) is 85.0 Å². The van der Waals surface area contributed by atoms with E-state index < -0.39 is 24.5 Å². The first-order valence-electron chi connectivity index (χ1n) is 11.7. The van der Waals surface area contributed by atoms with Gasteiger partial charge in [0, 0.05) is 23.4 Å². The number of hydrogen-bond donors (Lipinski definition) is 3. The molecule has 0 aliphatic rings. The molecule has 38 heavy (non-hydrogen) atoms.